The Labute approximate surface area is 95.8 Å². The van der Waals surface area contributed by atoms with Crippen molar-refractivity contribution in [3.63, 3.8) is 0 Å². The van der Waals surface area contributed by atoms with Gasteiger partial charge in [0.15, 0.2) is 12.4 Å². The summed E-state index contributed by atoms with van der Waals surface area (Å²) in [5.41, 5.74) is -0.265. The molecule has 0 aliphatic rings. The molecule has 0 atom stereocenters. The van der Waals surface area contributed by atoms with Crippen LogP contribution in [0.25, 0.3) is 0 Å². The summed E-state index contributed by atoms with van der Waals surface area (Å²) >= 11 is 0. The highest BCUT2D eigenvalue weighted by Crippen LogP contribution is 2.24. The Morgan fingerprint density at radius 2 is 2.12 bits per heavy atom. The Bertz CT molecular complexity index is 482. The number of carboxylic acids is 1. The zero-order chi connectivity index (χ0) is 13.0. The van der Waals surface area contributed by atoms with Crippen molar-refractivity contribution in [2.24, 2.45) is 0 Å². The first-order chi connectivity index (χ1) is 7.91. The molecule has 90 valence electrons. The lowest BCUT2D eigenvalue weighted by Crippen LogP contribution is -2.11. The molecule has 1 rings (SSSR count). The highest BCUT2D eigenvalue weighted by Gasteiger charge is 2.15. The van der Waals surface area contributed by atoms with Crippen LogP contribution < -0.4 is 4.74 Å². The molecule has 0 spiro atoms. The second-order valence-corrected chi connectivity index (χ2v) is 3.18. The van der Waals surface area contributed by atoms with E-state index in [1.807, 2.05) is 0 Å². The highest BCUT2D eigenvalue weighted by atomic mass is 16.6. The minimum atomic E-state index is -1.20. The number of hydrogen-bond donors (Lipinski definition) is 1. The number of carbonyl (C=O) groups is 2. The van der Waals surface area contributed by atoms with Gasteiger partial charge in [-0.2, -0.15) is 0 Å². The Balaban J connectivity index is 3.08. The van der Waals surface area contributed by atoms with Crippen molar-refractivity contribution in [3.8, 4) is 5.75 Å². The molecule has 1 aromatic rings. The summed E-state index contributed by atoms with van der Waals surface area (Å²) < 4.78 is 4.85. The number of benzene rings is 1. The molecule has 1 N–H and O–H groups in total. The molecule has 0 heterocycles. The average Bonchev–Trinajstić information content (AvgIpc) is 2.25. The zero-order valence-electron chi connectivity index (χ0n) is 8.87. The lowest BCUT2D eigenvalue weighted by molar-refractivity contribution is -0.384. The number of nitro benzene ring substituents is 1. The van der Waals surface area contributed by atoms with E-state index in [2.05, 4.69) is 0 Å². The van der Waals surface area contributed by atoms with Crippen LogP contribution in [0.4, 0.5) is 5.69 Å². The monoisotopic (exact) mass is 239 g/mol. The third-order valence-electron chi connectivity index (χ3n) is 1.90. The van der Waals surface area contributed by atoms with Crippen LogP contribution in [0.3, 0.4) is 0 Å². The molecular formula is C10H9NO6. The minimum absolute atomic E-state index is 0.0135. The first-order valence-electron chi connectivity index (χ1n) is 4.55. The van der Waals surface area contributed by atoms with Crippen LogP contribution in [0.15, 0.2) is 18.2 Å². The number of ketones is 1. The molecule has 0 amide bonds. The van der Waals surface area contributed by atoms with Crippen LogP contribution in [0.5, 0.6) is 5.75 Å². The van der Waals surface area contributed by atoms with Gasteiger partial charge in [0.25, 0.3) is 5.69 Å². The van der Waals surface area contributed by atoms with E-state index in [-0.39, 0.29) is 17.0 Å². The molecule has 0 aromatic heterocycles. The van der Waals surface area contributed by atoms with Gasteiger partial charge in [-0.3, -0.25) is 14.9 Å². The average molecular weight is 239 g/mol. The molecule has 0 aliphatic heterocycles. The summed E-state index contributed by atoms with van der Waals surface area (Å²) in [6, 6.07) is 3.40. The summed E-state index contributed by atoms with van der Waals surface area (Å²) in [4.78, 5) is 31.4. The summed E-state index contributed by atoms with van der Waals surface area (Å²) in [7, 11) is 0. The third-order valence-corrected chi connectivity index (χ3v) is 1.90. The minimum Gasteiger partial charge on any atom is -0.481 e. The van der Waals surface area contributed by atoms with Gasteiger partial charge in [-0.1, -0.05) is 0 Å². The number of nitrogens with zero attached hydrogens (tertiary/aromatic N) is 1. The molecule has 0 saturated heterocycles. The van der Waals surface area contributed by atoms with Crippen molar-refractivity contribution in [2.45, 2.75) is 6.92 Å². The van der Waals surface area contributed by atoms with Gasteiger partial charge in [-0.05, 0) is 13.0 Å². The smallest absolute Gasteiger partial charge is 0.341 e. The molecule has 1 aromatic carbocycles. The number of carbonyl (C=O) groups excluding carboxylic acids is 1. The van der Waals surface area contributed by atoms with Crippen LogP contribution in [0, 0.1) is 10.1 Å². The van der Waals surface area contributed by atoms with Gasteiger partial charge in [0.2, 0.25) is 0 Å². The van der Waals surface area contributed by atoms with Gasteiger partial charge in [0.1, 0.15) is 5.75 Å². The van der Waals surface area contributed by atoms with Gasteiger partial charge in [-0.25, -0.2) is 4.79 Å². The van der Waals surface area contributed by atoms with Gasteiger partial charge in [0, 0.05) is 12.1 Å². The molecule has 0 bridgehead atoms. The van der Waals surface area contributed by atoms with Crippen LogP contribution in [-0.4, -0.2) is 28.4 Å². The first-order valence-corrected chi connectivity index (χ1v) is 4.55. The number of aliphatic carboxylic acids is 1. The number of hydrogen-bond acceptors (Lipinski definition) is 5. The molecule has 7 nitrogen and oxygen atoms in total. The van der Waals surface area contributed by atoms with E-state index in [4.69, 9.17) is 9.84 Å². The maximum Gasteiger partial charge on any atom is 0.341 e. The van der Waals surface area contributed by atoms with E-state index in [9.17, 15) is 19.7 Å². The Morgan fingerprint density at radius 1 is 1.47 bits per heavy atom. The van der Waals surface area contributed by atoms with Crippen molar-refractivity contribution >= 4 is 17.4 Å². The van der Waals surface area contributed by atoms with Crippen LogP contribution in [0.2, 0.25) is 0 Å². The molecule has 7 heteroatoms. The molecule has 0 aliphatic carbocycles. The number of rotatable bonds is 5. The van der Waals surface area contributed by atoms with E-state index in [1.165, 1.54) is 13.0 Å². The summed E-state index contributed by atoms with van der Waals surface area (Å²) in [5.74, 6) is -1.61. The van der Waals surface area contributed by atoms with Crippen LogP contribution >= 0.6 is 0 Å². The van der Waals surface area contributed by atoms with Crippen LogP contribution in [-0.2, 0) is 4.79 Å². The molecule has 0 unspecified atom stereocenters. The topological polar surface area (TPSA) is 107 Å². The fraction of sp³-hybridized carbons (Fsp3) is 0.200. The number of carboxylic acid groups (broad SMARTS) is 1. The SMILES string of the molecule is CC(=O)c1cc([N+](=O)[O-])ccc1OCC(=O)O. The Kier molecular flexibility index (Phi) is 3.76. The van der Waals surface area contributed by atoms with Gasteiger partial charge >= 0.3 is 5.97 Å². The zero-order valence-corrected chi connectivity index (χ0v) is 8.87. The normalized spacial score (nSPS) is 9.71. The number of nitro groups is 1. The number of non-ortho nitro benzene ring substituents is 1. The Hall–Kier alpha value is -2.44. The molecule has 17 heavy (non-hydrogen) atoms. The summed E-state index contributed by atoms with van der Waals surface area (Å²) in [5, 5.41) is 18.9. The lowest BCUT2D eigenvalue weighted by atomic mass is 10.1. The second kappa shape index (κ2) is 5.06. The van der Waals surface area contributed by atoms with Gasteiger partial charge < -0.3 is 9.84 Å². The van der Waals surface area contributed by atoms with Crippen molar-refractivity contribution < 1.29 is 24.4 Å². The van der Waals surface area contributed by atoms with Crippen molar-refractivity contribution in [3.05, 3.63) is 33.9 Å². The molecule has 0 saturated carbocycles. The highest BCUT2D eigenvalue weighted by molar-refractivity contribution is 5.97. The van der Waals surface area contributed by atoms with Gasteiger partial charge in [0.05, 0.1) is 10.5 Å². The van der Waals surface area contributed by atoms with Crippen LogP contribution in [0.1, 0.15) is 17.3 Å². The summed E-state index contributed by atoms with van der Waals surface area (Å²) in [6.07, 6.45) is 0. The molecule has 0 fully saturated rings. The first kappa shape index (κ1) is 12.6. The summed E-state index contributed by atoms with van der Waals surface area (Å²) in [6.45, 7) is 0.602. The van der Waals surface area contributed by atoms with E-state index < -0.39 is 23.3 Å². The quantitative estimate of drug-likeness (QED) is 0.471. The van der Waals surface area contributed by atoms with E-state index >= 15 is 0 Å². The Morgan fingerprint density at radius 3 is 2.59 bits per heavy atom. The molecular weight excluding hydrogens is 230 g/mol. The van der Waals surface area contributed by atoms with Crippen molar-refractivity contribution in [2.75, 3.05) is 6.61 Å². The second-order valence-electron chi connectivity index (χ2n) is 3.18. The number of Topliss-reactive ketones (excluding diaryl/α,β-unsaturated/α-hetero) is 1. The van der Waals surface area contributed by atoms with E-state index in [0.29, 0.717) is 0 Å². The predicted octanol–water partition coefficient (Wildman–Crippen LogP) is 1.26. The van der Waals surface area contributed by atoms with Crippen molar-refractivity contribution in [1.29, 1.82) is 0 Å². The largest absolute Gasteiger partial charge is 0.481 e. The van der Waals surface area contributed by atoms with E-state index in [0.717, 1.165) is 12.1 Å². The third kappa shape index (κ3) is 3.26. The van der Waals surface area contributed by atoms with Gasteiger partial charge in [-0.15, -0.1) is 0 Å². The maximum absolute atomic E-state index is 11.2. The predicted molar refractivity (Wildman–Crippen MR) is 56.2 cm³/mol. The lowest BCUT2D eigenvalue weighted by Gasteiger charge is -2.07. The fourth-order valence-electron chi connectivity index (χ4n) is 1.17. The molecule has 0 radical (unpaired) electrons. The van der Waals surface area contributed by atoms with Crippen molar-refractivity contribution in [1.82, 2.24) is 0 Å². The van der Waals surface area contributed by atoms with E-state index in [1.54, 1.807) is 0 Å². The standard InChI is InChI=1S/C10H9NO6/c1-6(12)8-4-7(11(15)16)2-3-9(8)17-5-10(13)14/h2-4H,5H2,1H3,(H,13,14). The maximum atomic E-state index is 11.2. The fourth-order valence-corrected chi connectivity index (χ4v) is 1.17. The number of ether oxygens (including phenoxy) is 1.